The Morgan fingerprint density at radius 3 is 2.26 bits per heavy atom. The third-order valence-electron chi connectivity index (χ3n) is 7.72. The normalized spacial score (nSPS) is 14.7. The van der Waals surface area contributed by atoms with Crippen LogP contribution in [-0.4, -0.2) is 53.5 Å². The van der Waals surface area contributed by atoms with E-state index in [0.29, 0.717) is 5.56 Å². The predicted octanol–water partition coefficient (Wildman–Crippen LogP) is 6.71. The van der Waals surface area contributed by atoms with Gasteiger partial charge in [0, 0.05) is 55.3 Å². The van der Waals surface area contributed by atoms with Gasteiger partial charge in [-0.2, -0.15) is 0 Å². The van der Waals surface area contributed by atoms with Crippen LogP contribution in [0.2, 0.25) is 0 Å². The van der Waals surface area contributed by atoms with Crippen LogP contribution in [0.3, 0.4) is 0 Å². The molecule has 1 aliphatic heterocycles. The first-order chi connectivity index (χ1) is 20.5. The zero-order chi connectivity index (χ0) is 29.3. The highest BCUT2D eigenvalue weighted by atomic mass is 32.2. The van der Waals surface area contributed by atoms with Crippen LogP contribution in [0.4, 0.5) is 5.82 Å². The molecule has 1 fully saturated rings. The summed E-state index contributed by atoms with van der Waals surface area (Å²) >= 11 is 1.64. The summed E-state index contributed by atoms with van der Waals surface area (Å²) in [6.45, 7) is 11.1. The summed E-state index contributed by atoms with van der Waals surface area (Å²) in [5.41, 5.74) is 6.29. The Hall–Kier alpha value is -3.94. The van der Waals surface area contributed by atoms with Gasteiger partial charge in [-0.25, -0.2) is 9.97 Å². The Labute approximate surface area is 253 Å². The number of aromatic nitrogens is 2. The van der Waals surface area contributed by atoms with Crippen molar-refractivity contribution < 1.29 is 4.79 Å². The fraction of sp³-hybridized carbons (Fsp3) is 0.286. The van der Waals surface area contributed by atoms with E-state index in [0.717, 1.165) is 71.8 Å². The molecule has 6 nitrogen and oxygen atoms in total. The number of hydrogen-bond acceptors (Lipinski definition) is 6. The van der Waals surface area contributed by atoms with Crippen molar-refractivity contribution in [1.82, 2.24) is 20.2 Å². The van der Waals surface area contributed by atoms with Crippen molar-refractivity contribution in [1.29, 1.82) is 0 Å². The van der Waals surface area contributed by atoms with Crippen molar-refractivity contribution in [3.05, 3.63) is 125 Å². The maximum Gasteiger partial charge on any atom is 0.251 e. The van der Waals surface area contributed by atoms with E-state index in [1.807, 2.05) is 67.6 Å². The maximum absolute atomic E-state index is 12.8. The Morgan fingerprint density at radius 2 is 1.57 bits per heavy atom. The average Bonchev–Trinajstić information content (AvgIpc) is 3.03. The highest BCUT2D eigenvalue weighted by Crippen LogP contribution is 2.27. The van der Waals surface area contributed by atoms with Crippen molar-refractivity contribution in [3.63, 3.8) is 0 Å². The third-order valence-corrected chi connectivity index (χ3v) is 8.64. The molecule has 0 radical (unpaired) electrons. The fourth-order valence-electron chi connectivity index (χ4n) is 5.01. The lowest BCUT2D eigenvalue weighted by atomic mass is 10.1. The molecule has 42 heavy (non-hydrogen) atoms. The highest BCUT2D eigenvalue weighted by Gasteiger charge is 2.21. The number of anilines is 1. The molecular formula is C35H39N5OS. The minimum Gasteiger partial charge on any atom is -0.354 e. The summed E-state index contributed by atoms with van der Waals surface area (Å²) in [4.78, 5) is 27.4. The lowest BCUT2D eigenvalue weighted by Crippen LogP contribution is -2.47. The summed E-state index contributed by atoms with van der Waals surface area (Å²) < 4.78 is 0. The molecule has 3 aromatic carbocycles. The van der Waals surface area contributed by atoms with Gasteiger partial charge in [0.2, 0.25) is 0 Å². The van der Waals surface area contributed by atoms with E-state index >= 15 is 0 Å². The Kier molecular flexibility index (Phi) is 10.1. The maximum atomic E-state index is 12.8. The third kappa shape index (κ3) is 7.87. The molecule has 0 bridgehead atoms. The van der Waals surface area contributed by atoms with Gasteiger partial charge in [0.25, 0.3) is 5.91 Å². The molecule has 0 spiro atoms. The monoisotopic (exact) mass is 577 g/mol. The summed E-state index contributed by atoms with van der Waals surface area (Å²) in [6.07, 6.45) is 4.45. The Balaban J connectivity index is 1.14. The van der Waals surface area contributed by atoms with Crippen molar-refractivity contribution in [2.75, 3.05) is 37.6 Å². The second-order valence-corrected chi connectivity index (χ2v) is 11.7. The van der Waals surface area contributed by atoms with Gasteiger partial charge in [0.05, 0.1) is 6.04 Å². The first-order valence-electron chi connectivity index (χ1n) is 14.6. The molecule has 216 valence electrons. The van der Waals surface area contributed by atoms with Gasteiger partial charge < -0.3 is 10.2 Å². The highest BCUT2D eigenvalue weighted by molar-refractivity contribution is 7.98. The molecule has 0 aliphatic carbocycles. The summed E-state index contributed by atoms with van der Waals surface area (Å²) in [7, 11) is 0. The number of nitrogens with one attached hydrogen (secondary N) is 1. The molecule has 1 N–H and O–H groups in total. The summed E-state index contributed by atoms with van der Waals surface area (Å²) in [5.74, 6) is 1.72. The molecule has 1 aromatic heterocycles. The first kappa shape index (κ1) is 29.5. The van der Waals surface area contributed by atoms with Crippen LogP contribution < -0.4 is 10.2 Å². The Morgan fingerprint density at radius 1 is 0.905 bits per heavy atom. The van der Waals surface area contributed by atoms with E-state index in [2.05, 4.69) is 65.4 Å². The van der Waals surface area contributed by atoms with E-state index in [9.17, 15) is 4.79 Å². The SMILES string of the molecule is Cc1nc(SCc2ccc(C(=O)N[C@H](C)c3ccccc3)cc2)nc(N2CCN(C/C=C/c3ccccc3)CC2)c1C. The van der Waals surface area contributed by atoms with Crippen molar-refractivity contribution in [2.45, 2.75) is 37.7 Å². The topological polar surface area (TPSA) is 61.4 Å². The number of nitrogens with zero attached hydrogens (tertiary/aromatic N) is 4. The average molecular weight is 578 g/mol. The number of aryl methyl sites for hydroxylation is 1. The molecule has 1 aliphatic rings. The minimum absolute atomic E-state index is 0.0514. The van der Waals surface area contributed by atoms with E-state index in [-0.39, 0.29) is 11.9 Å². The number of thioether (sulfide) groups is 1. The molecule has 1 saturated heterocycles. The standard InChI is InChI=1S/C35H39N5OS/c1-26-27(2)37-35(38-33(26)40-23-21-39(22-24-40)20-10-13-29-11-6-4-7-12-29)42-25-30-16-18-32(19-17-30)34(41)36-28(3)31-14-8-5-9-15-31/h4-19,28H,20-25H2,1-3H3,(H,36,41)/b13-10+/t28-/m1/s1. The van der Waals surface area contributed by atoms with E-state index in [1.54, 1.807) is 11.8 Å². The zero-order valence-electron chi connectivity index (χ0n) is 24.7. The minimum atomic E-state index is -0.0694. The molecule has 1 atom stereocenters. The number of piperazine rings is 1. The molecule has 0 saturated carbocycles. The van der Waals surface area contributed by atoms with E-state index in [1.165, 1.54) is 5.56 Å². The van der Waals surface area contributed by atoms with Crippen LogP contribution in [-0.2, 0) is 5.75 Å². The lowest BCUT2D eigenvalue weighted by molar-refractivity contribution is 0.0940. The quantitative estimate of drug-likeness (QED) is 0.167. The molecule has 4 aromatic rings. The number of carbonyl (C=O) groups excluding carboxylic acids is 1. The van der Waals surface area contributed by atoms with Crippen LogP contribution in [0.5, 0.6) is 0 Å². The van der Waals surface area contributed by atoms with Crippen molar-refractivity contribution in [2.24, 2.45) is 0 Å². The van der Waals surface area contributed by atoms with Crippen molar-refractivity contribution >= 4 is 29.6 Å². The van der Waals surface area contributed by atoms with Crippen LogP contribution in [0.1, 0.15) is 51.3 Å². The van der Waals surface area contributed by atoms with Crippen molar-refractivity contribution in [3.8, 4) is 0 Å². The van der Waals surface area contributed by atoms with Crippen LogP contribution >= 0.6 is 11.8 Å². The molecule has 7 heteroatoms. The van der Waals surface area contributed by atoms with Gasteiger partial charge in [0.1, 0.15) is 5.82 Å². The zero-order valence-corrected chi connectivity index (χ0v) is 25.5. The van der Waals surface area contributed by atoms with E-state index in [4.69, 9.17) is 9.97 Å². The predicted molar refractivity (Wildman–Crippen MR) is 174 cm³/mol. The van der Waals surface area contributed by atoms with Crippen LogP contribution in [0, 0.1) is 13.8 Å². The van der Waals surface area contributed by atoms with Gasteiger partial charge in [-0.15, -0.1) is 0 Å². The number of benzene rings is 3. The largest absolute Gasteiger partial charge is 0.354 e. The van der Waals surface area contributed by atoms with Crippen LogP contribution in [0.25, 0.3) is 6.08 Å². The van der Waals surface area contributed by atoms with Gasteiger partial charge in [-0.05, 0) is 49.6 Å². The lowest BCUT2D eigenvalue weighted by Gasteiger charge is -2.35. The number of carbonyl (C=O) groups is 1. The molecule has 5 rings (SSSR count). The second kappa shape index (κ2) is 14.3. The van der Waals surface area contributed by atoms with Crippen LogP contribution in [0.15, 0.2) is 96.2 Å². The smallest absolute Gasteiger partial charge is 0.251 e. The molecule has 1 amide bonds. The molecular weight excluding hydrogens is 538 g/mol. The molecule has 2 heterocycles. The van der Waals surface area contributed by atoms with Gasteiger partial charge >= 0.3 is 0 Å². The summed E-state index contributed by atoms with van der Waals surface area (Å²) in [6, 6.07) is 28.2. The number of amides is 1. The number of rotatable bonds is 10. The summed E-state index contributed by atoms with van der Waals surface area (Å²) in [5, 5.41) is 3.87. The van der Waals surface area contributed by atoms with Gasteiger partial charge in [-0.1, -0.05) is 96.7 Å². The second-order valence-electron chi connectivity index (χ2n) is 10.7. The van der Waals surface area contributed by atoms with Gasteiger partial charge in [-0.3, -0.25) is 9.69 Å². The Bertz CT molecular complexity index is 1480. The fourth-order valence-corrected chi connectivity index (χ4v) is 5.85. The van der Waals surface area contributed by atoms with E-state index < -0.39 is 0 Å². The first-order valence-corrected chi connectivity index (χ1v) is 15.6. The molecule has 0 unspecified atom stereocenters. The van der Waals surface area contributed by atoms with Gasteiger partial charge in [0.15, 0.2) is 5.16 Å². The number of hydrogen-bond donors (Lipinski definition) is 1.